The molecule has 0 saturated carbocycles. The average molecular weight is 350 g/mol. The van der Waals surface area contributed by atoms with E-state index in [9.17, 15) is 18.4 Å². The molecule has 3 amide bonds. The van der Waals surface area contributed by atoms with Gasteiger partial charge in [-0.2, -0.15) is 0 Å². The molecule has 0 aliphatic rings. The number of anilines is 1. The van der Waals surface area contributed by atoms with Gasteiger partial charge in [0.2, 0.25) is 5.91 Å². The van der Waals surface area contributed by atoms with Crippen LogP contribution in [0.1, 0.15) is 11.1 Å². The van der Waals surface area contributed by atoms with E-state index in [-0.39, 0.29) is 5.75 Å². The van der Waals surface area contributed by atoms with Crippen molar-refractivity contribution in [3.05, 3.63) is 59.2 Å². The van der Waals surface area contributed by atoms with Gasteiger partial charge in [-0.25, -0.2) is 13.6 Å². The maximum atomic E-state index is 13.1. The number of halogens is 2. The predicted octanol–water partition coefficient (Wildman–Crippen LogP) is 4.02. The minimum atomic E-state index is -0.979. The molecule has 0 saturated heterocycles. The van der Waals surface area contributed by atoms with Crippen LogP contribution in [0.15, 0.2) is 41.3 Å². The summed E-state index contributed by atoms with van der Waals surface area (Å²) in [4.78, 5) is 23.9. The molecule has 126 valence electrons. The van der Waals surface area contributed by atoms with Crippen molar-refractivity contribution in [3.8, 4) is 0 Å². The number of rotatable bonds is 4. The van der Waals surface area contributed by atoms with Crippen LogP contribution in [0, 0.1) is 25.5 Å². The van der Waals surface area contributed by atoms with Gasteiger partial charge in [0.05, 0.1) is 5.75 Å². The van der Waals surface area contributed by atoms with Crippen molar-refractivity contribution in [2.24, 2.45) is 0 Å². The molecule has 2 aromatic rings. The summed E-state index contributed by atoms with van der Waals surface area (Å²) in [6, 6.07) is 8.12. The first-order valence-corrected chi connectivity index (χ1v) is 8.09. The molecular weight excluding hydrogens is 334 g/mol. The number of hydrogen-bond acceptors (Lipinski definition) is 3. The molecule has 0 aromatic heterocycles. The first-order chi connectivity index (χ1) is 11.3. The van der Waals surface area contributed by atoms with Crippen LogP contribution in [-0.2, 0) is 4.79 Å². The maximum absolute atomic E-state index is 13.1. The van der Waals surface area contributed by atoms with Gasteiger partial charge < -0.3 is 5.32 Å². The van der Waals surface area contributed by atoms with Crippen LogP contribution >= 0.6 is 11.8 Å². The lowest BCUT2D eigenvalue weighted by Crippen LogP contribution is -2.35. The molecular formula is C17H16F2N2O2S. The maximum Gasteiger partial charge on any atom is 0.325 e. The lowest BCUT2D eigenvalue weighted by molar-refractivity contribution is -0.117. The Balaban J connectivity index is 1.83. The van der Waals surface area contributed by atoms with Crippen LogP contribution in [0.5, 0.6) is 0 Å². The molecule has 0 bridgehead atoms. The highest BCUT2D eigenvalue weighted by molar-refractivity contribution is 8.00. The number of urea groups is 1. The molecule has 0 heterocycles. The van der Waals surface area contributed by atoms with E-state index in [1.807, 2.05) is 19.9 Å². The zero-order chi connectivity index (χ0) is 17.7. The van der Waals surface area contributed by atoms with Crippen LogP contribution in [0.2, 0.25) is 0 Å². The summed E-state index contributed by atoms with van der Waals surface area (Å²) in [5.74, 6) is -2.55. The fourth-order valence-electron chi connectivity index (χ4n) is 1.86. The van der Waals surface area contributed by atoms with Gasteiger partial charge in [-0.15, -0.1) is 11.8 Å². The van der Waals surface area contributed by atoms with Gasteiger partial charge in [0.1, 0.15) is 0 Å². The van der Waals surface area contributed by atoms with Crippen LogP contribution < -0.4 is 10.6 Å². The highest BCUT2D eigenvalue weighted by Crippen LogP contribution is 2.20. The first-order valence-electron chi connectivity index (χ1n) is 7.11. The Hall–Kier alpha value is -2.41. The predicted molar refractivity (Wildman–Crippen MR) is 90.2 cm³/mol. The van der Waals surface area contributed by atoms with E-state index in [0.717, 1.165) is 35.0 Å². The fraction of sp³-hybridized carbons (Fsp3) is 0.176. The van der Waals surface area contributed by atoms with Gasteiger partial charge in [-0.3, -0.25) is 10.1 Å². The summed E-state index contributed by atoms with van der Waals surface area (Å²) < 4.78 is 25.9. The first kappa shape index (κ1) is 17.9. The molecule has 0 aliphatic heterocycles. The van der Waals surface area contributed by atoms with E-state index in [0.29, 0.717) is 10.6 Å². The van der Waals surface area contributed by atoms with Gasteiger partial charge in [0, 0.05) is 10.6 Å². The molecule has 4 nitrogen and oxygen atoms in total. The van der Waals surface area contributed by atoms with Gasteiger partial charge in [-0.05, 0) is 55.3 Å². The smallest absolute Gasteiger partial charge is 0.308 e. The minimum Gasteiger partial charge on any atom is -0.308 e. The van der Waals surface area contributed by atoms with Gasteiger partial charge in [-0.1, -0.05) is 6.07 Å². The SMILES string of the molecule is Cc1ccc(NC(=O)NC(=O)CSc2ccc(F)c(F)c2)cc1C. The third-order valence-corrected chi connectivity index (χ3v) is 4.27. The zero-order valence-electron chi connectivity index (χ0n) is 13.2. The van der Waals surface area contributed by atoms with Crippen molar-refractivity contribution in [1.29, 1.82) is 0 Å². The van der Waals surface area contributed by atoms with E-state index in [1.54, 1.807) is 12.1 Å². The highest BCUT2D eigenvalue weighted by Gasteiger charge is 2.10. The summed E-state index contributed by atoms with van der Waals surface area (Å²) in [6.45, 7) is 3.88. The van der Waals surface area contributed by atoms with Crippen LogP contribution in [0.4, 0.5) is 19.3 Å². The van der Waals surface area contributed by atoms with E-state index >= 15 is 0 Å². The number of thioether (sulfide) groups is 1. The molecule has 0 atom stereocenters. The summed E-state index contributed by atoms with van der Waals surface area (Å²) in [5.41, 5.74) is 2.70. The summed E-state index contributed by atoms with van der Waals surface area (Å²) in [7, 11) is 0. The number of amides is 3. The number of hydrogen-bond donors (Lipinski definition) is 2. The molecule has 24 heavy (non-hydrogen) atoms. The molecule has 0 fully saturated rings. The van der Waals surface area contributed by atoms with Crippen molar-refractivity contribution >= 4 is 29.4 Å². The average Bonchev–Trinajstić information content (AvgIpc) is 2.52. The number of aryl methyl sites for hydroxylation is 2. The molecule has 0 unspecified atom stereocenters. The Morgan fingerprint density at radius 1 is 1.00 bits per heavy atom. The lowest BCUT2D eigenvalue weighted by Gasteiger charge is -2.08. The quantitative estimate of drug-likeness (QED) is 0.819. The summed E-state index contributed by atoms with van der Waals surface area (Å²) >= 11 is 1.01. The fourth-order valence-corrected chi connectivity index (χ4v) is 2.58. The van der Waals surface area contributed by atoms with Crippen molar-refractivity contribution in [3.63, 3.8) is 0 Å². The molecule has 0 spiro atoms. The number of carbonyl (C=O) groups excluding carboxylic acids is 2. The summed E-state index contributed by atoms with van der Waals surface area (Å²) in [6.07, 6.45) is 0. The number of benzene rings is 2. The van der Waals surface area contributed by atoms with Crippen molar-refractivity contribution < 1.29 is 18.4 Å². The molecule has 2 rings (SSSR count). The Morgan fingerprint density at radius 2 is 1.75 bits per heavy atom. The Bertz CT molecular complexity index is 781. The van der Waals surface area contributed by atoms with E-state index < -0.39 is 23.6 Å². The highest BCUT2D eigenvalue weighted by atomic mass is 32.2. The second-order valence-electron chi connectivity index (χ2n) is 5.17. The standard InChI is InChI=1S/C17H16F2N2O2S/c1-10-3-4-12(7-11(10)2)20-17(23)21-16(22)9-24-13-5-6-14(18)15(19)8-13/h3-8H,9H2,1-2H3,(H2,20,21,22,23). The van der Waals surface area contributed by atoms with E-state index in [1.165, 1.54) is 6.07 Å². The van der Waals surface area contributed by atoms with Crippen LogP contribution in [0.25, 0.3) is 0 Å². The van der Waals surface area contributed by atoms with Crippen molar-refractivity contribution in [2.75, 3.05) is 11.1 Å². The monoisotopic (exact) mass is 350 g/mol. The summed E-state index contributed by atoms with van der Waals surface area (Å²) in [5, 5.41) is 4.75. The second-order valence-corrected chi connectivity index (χ2v) is 6.21. The topological polar surface area (TPSA) is 58.2 Å². The molecule has 7 heteroatoms. The largest absolute Gasteiger partial charge is 0.325 e. The molecule has 0 radical (unpaired) electrons. The third-order valence-electron chi connectivity index (χ3n) is 3.28. The van der Waals surface area contributed by atoms with Crippen LogP contribution in [-0.4, -0.2) is 17.7 Å². The van der Waals surface area contributed by atoms with Crippen molar-refractivity contribution in [2.45, 2.75) is 18.7 Å². The normalized spacial score (nSPS) is 10.3. The van der Waals surface area contributed by atoms with E-state index in [4.69, 9.17) is 0 Å². The molecule has 2 aromatic carbocycles. The number of imide groups is 1. The van der Waals surface area contributed by atoms with Crippen molar-refractivity contribution in [1.82, 2.24) is 5.32 Å². The Labute approximate surface area is 142 Å². The molecule has 2 N–H and O–H groups in total. The zero-order valence-corrected chi connectivity index (χ0v) is 14.0. The Morgan fingerprint density at radius 3 is 2.42 bits per heavy atom. The van der Waals surface area contributed by atoms with Gasteiger partial charge >= 0.3 is 6.03 Å². The van der Waals surface area contributed by atoms with Crippen LogP contribution in [0.3, 0.4) is 0 Å². The van der Waals surface area contributed by atoms with Gasteiger partial charge in [0.25, 0.3) is 0 Å². The van der Waals surface area contributed by atoms with E-state index in [2.05, 4.69) is 10.6 Å². The van der Waals surface area contributed by atoms with Gasteiger partial charge in [0.15, 0.2) is 11.6 Å². The minimum absolute atomic E-state index is 0.0918. The number of carbonyl (C=O) groups is 2. The lowest BCUT2D eigenvalue weighted by atomic mass is 10.1. The molecule has 0 aliphatic carbocycles. The third kappa shape index (κ3) is 5.06. The Kier molecular flexibility index (Phi) is 5.92. The number of nitrogens with one attached hydrogen (secondary N) is 2. The second kappa shape index (κ2) is 7.92.